The molecule has 0 radical (unpaired) electrons. The number of rotatable bonds is 3. The lowest BCUT2D eigenvalue weighted by Gasteiger charge is -2.46. The van der Waals surface area contributed by atoms with Crippen LogP contribution in [0.1, 0.15) is 24.8 Å². The molecule has 7 nitrogen and oxygen atoms in total. The van der Waals surface area contributed by atoms with Gasteiger partial charge in [0.1, 0.15) is 0 Å². The van der Waals surface area contributed by atoms with Crippen LogP contribution >= 0.6 is 0 Å². The van der Waals surface area contributed by atoms with Crippen LogP contribution in [-0.4, -0.2) is 67.5 Å². The molecule has 8 heteroatoms. The first-order valence-corrected chi connectivity index (χ1v) is 11.0. The Kier molecular flexibility index (Phi) is 4.32. The van der Waals surface area contributed by atoms with Gasteiger partial charge in [0.05, 0.1) is 11.7 Å². The summed E-state index contributed by atoms with van der Waals surface area (Å²) >= 11 is 0. The number of carbonyl (C=O) groups excluding carboxylic acids is 1. The van der Waals surface area contributed by atoms with Crippen molar-refractivity contribution in [1.29, 1.82) is 0 Å². The van der Waals surface area contributed by atoms with Crippen LogP contribution in [0.15, 0.2) is 24.5 Å². The van der Waals surface area contributed by atoms with Crippen molar-refractivity contribution in [3.05, 3.63) is 30.1 Å². The third-order valence-corrected chi connectivity index (χ3v) is 7.89. The van der Waals surface area contributed by atoms with E-state index in [1.54, 1.807) is 10.5 Å². The maximum atomic E-state index is 12.9. The quantitative estimate of drug-likeness (QED) is 0.826. The highest BCUT2D eigenvalue weighted by Gasteiger charge is 2.63. The molecule has 0 aromatic carbocycles. The molecule has 2 spiro atoms. The summed E-state index contributed by atoms with van der Waals surface area (Å²) in [5.74, 6) is 0.152. The van der Waals surface area contributed by atoms with E-state index < -0.39 is 15.4 Å². The summed E-state index contributed by atoms with van der Waals surface area (Å²) in [5, 5.41) is 3.04. The lowest BCUT2D eigenvalue weighted by molar-refractivity contribution is -0.133. The summed E-state index contributed by atoms with van der Waals surface area (Å²) in [7, 11) is -3.17. The van der Waals surface area contributed by atoms with Crippen LogP contribution in [0.3, 0.4) is 0 Å². The Labute approximate surface area is 154 Å². The predicted molar refractivity (Wildman–Crippen MR) is 97.7 cm³/mol. The van der Waals surface area contributed by atoms with Crippen LogP contribution in [-0.2, 0) is 21.4 Å². The summed E-state index contributed by atoms with van der Waals surface area (Å²) in [4.78, 5) is 19.4. The highest BCUT2D eigenvalue weighted by atomic mass is 32.2. The summed E-state index contributed by atoms with van der Waals surface area (Å²) in [5.41, 5.74) is 0.613. The third kappa shape index (κ3) is 2.84. The molecule has 4 heterocycles. The molecule has 0 saturated carbocycles. The molecule has 26 heavy (non-hydrogen) atoms. The molecule has 142 valence electrons. The molecule has 1 aromatic rings. The molecular weight excluding hydrogens is 352 g/mol. The second-order valence-corrected chi connectivity index (χ2v) is 10.0. The minimum Gasteiger partial charge on any atom is -0.356 e. The monoisotopic (exact) mass is 378 g/mol. The van der Waals surface area contributed by atoms with E-state index in [1.807, 2.05) is 12.3 Å². The zero-order valence-electron chi connectivity index (χ0n) is 15.1. The molecular formula is C18H26N4O3S. The van der Waals surface area contributed by atoms with Crippen LogP contribution in [0.5, 0.6) is 0 Å². The molecule has 3 fully saturated rings. The smallest absolute Gasteiger partial charge is 0.228 e. The Morgan fingerprint density at radius 3 is 2.58 bits per heavy atom. The first-order valence-electron chi connectivity index (χ1n) is 9.19. The average molecular weight is 378 g/mol. The number of nitrogens with zero attached hydrogens (tertiary/aromatic N) is 3. The molecule has 0 aliphatic carbocycles. The third-order valence-electron chi connectivity index (χ3n) is 6.58. The Balaban J connectivity index is 1.59. The Morgan fingerprint density at radius 1 is 1.23 bits per heavy atom. The second-order valence-electron chi connectivity index (χ2n) is 8.04. The Morgan fingerprint density at radius 2 is 2.00 bits per heavy atom. The number of hydrogen-bond donors (Lipinski definition) is 1. The van der Waals surface area contributed by atoms with Crippen molar-refractivity contribution in [2.45, 2.75) is 25.8 Å². The number of piperidine rings is 1. The van der Waals surface area contributed by atoms with Crippen LogP contribution in [0.2, 0.25) is 0 Å². The lowest BCUT2D eigenvalue weighted by Crippen LogP contribution is -2.53. The minimum atomic E-state index is -3.17. The molecule has 3 aliphatic rings. The van der Waals surface area contributed by atoms with E-state index in [0.29, 0.717) is 13.1 Å². The minimum absolute atomic E-state index is 0.142. The SMILES string of the molecule is CS(=O)(=O)N1CCC2(CC1)CN(Cc1cccnc1)CC21CCNC1=O. The van der Waals surface area contributed by atoms with Gasteiger partial charge < -0.3 is 5.32 Å². The number of pyridine rings is 1. The van der Waals surface area contributed by atoms with Crippen molar-refractivity contribution in [2.75, 3.05) is 39.0 Å². The molecule has 1 aromatic heterocycles. The van der Waals surface area contributed by atoms with Crippen LogP contribution < -0.4 is 5.32 Å². The van der Waals surface area contributed by atoms with Gasteiger partial charge in [0.15, 0.2) is 0 Å². The Bertz CT molecular complexity index is 790. The standard InChI is InChI=1S/C18H26N4O3S/c1-26(24,25)22-9-5-17(6-10-22)13-21(12-15-3-2-7-19-11-15)14-18(17)4-8-20-16(18)23/h2-3,7,11H,4-6,8-10,12-14H2,1H3,(H,20,23). The van der Waals surface area contributed by atoms with E-state index in [4.69, 9.17) is 0 Å². The number of aromatic nitrogens is 1. The van der Waals surface area contributed by atoms with Crippen molar-refractivity contribution >= 4 is 15.9 Å². The highest BCUT2D eigenvalue weighted by molar-refractivity contribution is 7.88. The number of nitrogens with one attached hydrogen (secondary N) is 1. The van der Waals surface area contributed by atoms with Gasteiger partial charge in [-0.1, -0.05) is 6.07 Å². The molecule has 1 N–H and O–H groups in total. The maximum Gasteiger partial charge on any atom is 0.228 e. The normalized spacial score (nSPS) is 29.5. The van der Waals surface area contributed by atoms with Crippen molar-refractivity contribution in [3.8, 4) is 0 Å². The molecule has 1 atom stereocenters. The van der Waals surface area contributed by atoms with Crippen molar-refractivity contribution < 1.29 is 13.2 Å². The molecule has 1 amide bonds. The van der Waals surface area contributed by atoms with Gasteiger partial charge in [-0.15, -0.1) is 0 Å². The fourth-order valence-electron chi connectivity index (χ4n) is 5.26. The lowest BCUT2D eigenvalue weighted by atomic mass is 9.60. The van der Waals surface area contributed by atoms with Crippen LogP contribution in [0.25, 0.3) is 0 Å². The molecule has 3 aliphatic heterocycles. The topological polar surface area (TPSA) is 82.6 Å². The van der Waals surface area contributed by atoms with Crippen molar-refractivity contribution in [1.82, 2.24) is 19.5 Å². The highest BCUT2D eigenvalue weighted by Crippen LogP contribution is 2.56. The summed E-state index contributed by atoms with van der Waals surface area (Å²) in [6, 6.07) is 4.00. The number of likely N-dealkylation sites (tertiary alicyclic amines) is 1. The fourth-order valence-corrected chi connectivity index (χ4v) is 6.10. The van der Waals surface area contributed by atoms with E-state index in [0.717, 1.165) is 51.0 Å². The molecule has 3 saturated heterocycles. The van der Waals surface area contributed by atoms with E-state index in [2.05, 4.69) is 21.3 Å². The van der Waals surface area contributed by atoms with Gasteiger partial charge >= 0.3 is 0 Å². The first-order chi connectivity index (χ1) is 12.3. The zero-order chi connectivity index (χ0) is 18.4. The van der Waals surface area contributed by atoms with Crippen LogP contribution in [0, 0.1) is 10.8 Å². The van der Waals surface area contributed by atoms with E-state index in [-0.39, 0.29) is 11.3 Å². The molecule has 1 unspecified atom stereocenters. The van der Waals surface area contributed by atoms with Gasteiger partial charge in [-0.05, 0) is 30.9 Å². The van der Waals surface area contributed by atoms with Gasteiger partial charge in [-0.3, -0.25) is 14.7 Å². The van der Waals surface area contributed by atoms with E-state index in [9.17, 15) is 13.2 Å². The number of amides is 1. The van der Waals surface area contributed by atoms with Gasteiger partial charge in [0.2, 0.25) is 15.9 Å². The average Bonchev–Trinajstić information content (AvgIpc) is 3.10. The first kappa shape index (κ1) is 17.9. The summed E-state index contributed by atoms with van der Waals surface area (Å²) in [6.45, 7) is 4.10. The number of hydrogen-bond acceptors (Lipinski definition) is 5. The number of fused-ring (bicyclic) bond motifs is 1. The van der Waals surface area contributed by atoms with Crippen LogP contribution in [0.4, 0.5) is 0 Å². The summed E-state index contributed by atoms with van der Waals surface area (Å²) < 4.78 is 25.4. The van der Waals surface area contributed by atoms with Gasteiger partial charge in [0.25, 0.3) is 0 Å². The van der Waals surface area contributed by atoms with E-state index >= 15 is 0 Å². The largest absolute Gasteiger partial charge is 0.356 e. The molecule has 0 bridgehead atoms. The van der Waals surface area contributed by atoms with E-state index in [1.165, 1.54) is 6.26 Å². The van der Waals surface area contributed by atoms with Gasteiger partial charge in [-0.2, -0.15) is 0 Å². The van der Waals surface area contributed by atoms with Gasteiger partial charge in [-0.25, -0.2) is 12.7 Å². The summed E-state index contributed by atoms with van der Waals surface area (Å²) in [6.07, 6.45) is 7.25. The Hall–Kier alpha value is -1.51. The van der Waals surface area contributed by atoms with Crippen molar-refractivity contribution in [3.63, 3.8) is 0 Å². The zero-order valence-corrected chi connectivity index (χ0v) is 16.0. The second kappa shape index (κ2) is 6.28. The van der Waals surface area contributed by atoms with Crippen molar-refractivity contribution in [2.24, 2.45) is 10.8 Å². The van der Waals surface area contributed by atoms with Gasteiger partial charge in [0, 0.05) is 57.1 Å². The predicted octanol–water partition coefficient (Wildman–Crippen LogP) is 0.445. The molecule has 4 rings (SSSR count). The number of carbonyl (C=O) groups is 1. The fraction of sp³-hybridized carbons (Fsp3) is 0.667. The number of sulfonamides is 1. The maximum absolute atomic E-state index is 12.9.